The number of aromatic nitrogens is 1. The summed E-state index contributed by atoms with van der Waals surface area (Å²) in [6, 6.07) is 16.1. The molecule has 132 valence electrons. The number of aryl methyl sites for hydroxylation is 1. The molecule has 0 spiro atoms. The highest BCUT2D eigenvalue weighted by Gasteiger charge is 2.10. The van der Waals surface area contributed by atoms with Crippen molar-refractivity contribution >= 4 is 28.1 Å². The van der Waals surface area contributed by atoms with E-state index in [-0.39, 0.29) is 11.7 Å². The van der Waals surface area contributed by atoms with Crippen LogP contribution in [0, 0.1) is 13.8 Å². The molecule has 5 nitrogen and oxygen atoms in total. The normalized spacial score (nSPS) is 11.0. The monoisotopic (exact) mass is 411 g/mol. The van der Waals surface area contributed by atoms with E-state index in [1.807, 2.05) is 44.2 Å². The van der Waals surface area contributed by atoms with E-state index in [0.717, 1.165) is 27.1 Å². The fourth-order valence-corrected chi connectivity index (χ4v) is 3.01. The molecule has 3 aromatic rings. The summed E-state index contributed by atoms with van der Waals surface area (Å²) in [4.78, 5) is 12.0. The predicted molar refractivity (Wildman–Crippen MR) is 106 cm³/mol. The zero-order valence-corrected chi connectivity index (χ0v) is 16.0. The Morgan fingerprint density at radius 2 is 1.77 bits per heavy atom. The Morgan fingerprint density at radius 1 is 1.12 bits per heavy atom. The van der Waals surface area contributed by atoms with Gasteiger partial charge in [-0.1, -0.05) is 15.9 Å². The minimum absolute atomic E-state index is 0.116. The summed E-state index contributed by atoms with van der Waals surface area (Å²) in [7, 11) is 0. The largest absolute Gasteiger partial charge is 0.508 e. The summed E-state index contributed by atoms with van der Waals surface area (Å²) >= 11 is 3.45. The van der Waals surface area contributed by atoms with E-state index in [0.29, 0.717) is 5.56 Å². The highest BCUT2D eigenvalue weighted by atomic mass is 79.9. The number of nitrogens with one attached hydrogen (secondary N) is 1. The lowest BCUT2D eigenvalue weighted by Crippen LogP contribution is -2.17. The molecule has 0 atom stereocenters. The van der Waals surface area contributed by atoms with E-state index in [2.05, 4.69) is 31.0 Å². The van der Waals surface area contributed by atoms with Gasteiger partial charge >= 0.3 is 0 Å². The van der Waals surface area contributed by atoms with Gasteiger partial charge in [0.2, 0.25) is 0 Å². The van der Waals surface area contributed by atoms with Gasteiger partial charge in [0.25, 0.3) is 5.91 Å². The molecule has 0 radical (unpaired) electrons. The number of carbonyl (C=O) groups excluding carboxylic acids is 1. The summed E-state index contributed by atoms with van der Waals surface area (Å²) < 4.78 is 3.16. The van der Waals surface area contributed by atoms with Gasteiger partial charge in [-0.3, -0.25) is 4.79 Å². The molecule has 0 aliphatic carbocycles. The van der Waals surface area contributed by atoms with Gasteiger partial charge in [0, 0.05) is 32.7 Å². The fraction of sp³-hybridized carbons (Fsp3) is 0.100. The Kier molecular flexibility index (Phi) is 5.23. The number of hydrogen-bond donors (Lipinski definition) is 2. The molecule has 3 rings (SSSR count). The number of halogens is 1. The van der Waals surface area contributed by atoms with E-state index < -0.39 is 0 Å². The second-order valence-electron chi connectivity index (χ2n) is 5.88. The molecule has 1 heterocycles. The lowest BCUT2D eigenvalue weighted by molar-refractivity contribution is 0.0955. The summed E-state index contributed by atoms with van der Waals surface area (Å²) in [5.41, 5.74) is 7.04. The molecule has 0 fully saturated rings. The van der Waals surface area contributed by atoms with Crippen molar-refractivity contribution in [2.24, 2.45) is 5.10 Å². The van der Waals surface area contributed by atoms with Gasteiger partial charge in [-0.25, -0.2) is 5.43 Å². The average molecular weight is 412 g/mol. The number of carbonyl (C=O) groups is 1. The third-order valence-electron chi connectivity index (χ3n) is 4.05. The molecule has 1 amide bonds. The van der Waals surface area contributed by atoms with Crippen molar-refractivity contribution in [2.75, 3.05) is 0 Å². The molecule has 6 heteroatoms. The Bertz CT molecular complexity index is 958. The van der Waals surface area contributed by atoms with Gasteiger partial charge < -0.3 is 9.67 Å². The van der Waals surface area contributed by atoms with Crippen LogP contribution < -0.4 is 5.43 Å². The number of nitrogens with zero attached hydrogens (tertiary/aromatic N) is 2. The van der Waals surface area contributed by atoms with Crippen molar-refractivity contribution < 1.29 is 9.90 Å². The van der Waals surface area contributed by atoms with E-state index in [9.17, 15) is 9.90 Å². The summed E-state index contributed by atoms with van der Waals surface area (Å²) in [5, 5.41) is 13.3. The van der Waals surface area contributed by atoms with Crippen LogP contribution in [0.15, 0.2) is 64.2 Å². The first-order chi connectivity index (χ1) is 12.5. The fourth-order valence-electron chi connectivity index (χ4n) is 2.74. The molecular weight excluding hydrogens is 394 g/mol. The van der Waals surface area contributed by atoms with Gasteiger partial charge in [-0.15, -0.1) is 0 Å². The van der Waals surface area contributed by atoms with E-state index >= 15 is 0 Å². The number of benzene rings is 2. The zero-order valence-electron chi connectivity index (χ0n) is 14.4. The number of rotatable bonds is 4. The van der Waals surface area contributed by atoms with Gasteiger partial charge in [0.15, 0.2) is 0 Å². The van der Waals surface area contributed by atoms with Crippen molar-refractivity contribution in [3.8, 4) is 11.4 Å². The van der Waals surface area contributed by atoms with Crippen LogP contribution in [0.2, 0.25) is 0 Å². The van der Waals surface area contributed by atoms with Crippen molar-refractivity contribution in [2.45, 2.75) is 13.8 Å². The maximum Gasteiger partial charge on any atom is 0.271 e. The van der Waals surface area contributed by atoms with Crippen molar-refractivity contribution in [1.29, 1.82) is 0 Å². The van der Waals surface area contributed by atoms with Crippen LogP contribution in [-0.2, 0) is 0 Å². The average Bonchev–Trinajstić information content (AvgIpc) is 2.90. The summed E-state index contributed by atoms with van der Waals surface area (Å²) in [5.74, 6) is -0.214. The van der Waals surface area contributed by atoms with Gasteiger partial charge in [-0.05, 0) is 68.4 Å². The van der Waals surface area contributed by atoms with Crippen LogP contribution in [0.25, 0.3) is 5.69 Å². The van der Waals surface area contributed by atoms with E-state index in [1.54, 1.807) is 18.3 Å². The molecule has 0 saturated heterocycles. The Balaban J connectivity index is 1.77. The van der Waals surface area contributed by atoms with E-state index in [4.69, 9.17) is 0 Å². The van der Waals surface area contributed by atoms with Crippen LogP contribution >= 0.6 is 15.9 Å². The third-order valence-corrected chi connectivity index (χ3v) is 4.58. The first kappa shape index (κ1) is 17.9. The molecule has 26 heavy (non-hydrogen) atoms. The molecular formula is C20H18BrN3O2. The van der Waals surface area contributed by atoms with Crippen molar-refractivity contribution in [1.82, 2.24) is 9.99 Å². The van der Waals surface area contributed by atoms with E-state index in [1.165, 1.54) is 12.1 Å². The SMILES string of the molecule is Cc1cc(/C=N/NC(=O)c2ccc(O)cc2)c(C)n1-c1ccc(Br)cc1. The summed E-state index contributed by atoms with van der Waals surface area (Å²) in [6.45, 7) is 4.04. The zero-order chi connectivity index (χ0) is 18.7. The topological polar surface area (TPSA) is 66.6 Å². The molecule has 2 N–H and O–H groups in total. The molecule has 0 aliphatic heterocycles. The molecule has 0 saturated carbocycles. The second-order valence-corrected chi connectivity index (χ2v) is 6.80. The first-order valence-electron chi connectivity index (χ1n) is 8.03. The van der Waals surface area contributed by atoms with Crippen LogP contribution in [0.1, 0.15) is 27.3 Å². The van der Waals surface area contributed by atoms with Crippen LogP contribution in [-0.4, -0.2) is 21.8 Å². The Labute approximate surface area is 160 Å². The van der Waals surface area contributed by atoms with Crippen LogP contribution in [0.5, 0.6) is 5.75 Å². The maximum atomic E-state index is 12.0. The molecule has 0 bridgehead atoms. The minimum Gasteiger partial charge on any atom is -0.508 e. The van der Waals surface area contributed by atoms with Crippen molar-refractivity contribution in [3.63, 3.8) is 0 Å². The minimum atomic E-state index is -0.331. The highest BCUT2D eigenvalue weighted by molar-refractivity contribution is 9.10. The van der Waals surface area contributed by atoms with Gasteiger partial charge in [0.1, 0.15) is 5.75 Å². The molecule has 2 aromatic carbocycles. The van der Waals surface area contributed by atoms with Gasteiger partial charge in [-0.2, -0.15) is 5.10 Å². The highest BCUT2D eigenvalue weighted by Crippen LogP contribution is 2.21. The number of aromatic hydroxyl groups is 1. The quantitative estimate of drug-likeness (QED) is 0.495. The number of hydrogen-bond acceptors (Lipinski definition) is 3. The lowest BCUT2D eigenvalue weighted by atomic mass is 10.2. The van der Waals surface area contributed by atoms with Crippen molar-refractivity contribution in [3.05, 3.63) is 81.6 Å². The standard InChI is InChI=1S/C20H18BrN3O2/c1-13-11-16(14(2)24(13)18-7-5-17(21)6-8-18)12-22-23-20(26)15-3-9-19(25)10-4-15/h3-12,25H,1-2H3,(H,23,26)/b22-12+. The molecule has 0 aliphatic rings. The Hall–Kier alpha value is -2.86. The number of hydrazone groups is 1. The molecule has 1 aromatic heterocycles. The third kappa shape index (κ3) is 3.86. The van der Waals surface area contributed by atoms with Crippen LogP contribution in [0.4, 0.5) is 0 Å². The number of phenolic OH excluding ortho intramolecular Hbond substituents is 1. The smallest absolute Gasteiger partial charge is 0.271 e. The number of amides is 1. The van der Waals surface area contributed by atoms with Crippen LogP contribution in [0.3, 0.4) is 0 Å². The van der Waals surface area contributed by atoms with Gasteiger partial charge in [0.05, 0.1) is 6.21 Å². The second kappa shape index (κ2) is 7.58. The summed E-state index contributed by atoms with van der Waals surface area (Å²) in [6.07, 6.45) is 1.63. The predicted octanol–water partition coefficient (Wildman–Crippen LogP) is 4.33. The molecule has 0 unspecified atom stereocenters. The number of phenols is 1. The first-order valence-corrected chi connectivity index (χ1v) is 8.82. The Morgan fingerprint density at radius 3 is 2.42 bits per heavy atom. The maximum absolute atomic E-state index is 12.0. The lowest BCUT2D eigenvalue weighted by Gasteiger charge is -2.09.